The molecule has 0 spiro atoms. The third kappa shape index (κ3) is 4.63. The van der Waals surface area contributed by atoms with E-state index < -0.39 is 40.3 Å². The van der Waals surface area contributed by atoms with Gasteiger partial charge in [0, 0.05) is 12.3 Å². The number of hydrogen-bond donors (Lipinski definition) is 1. The van der Waals surface area contributed by atoms with Crippen molar-refractivity contribution in [2.45, 2.75) is 13.5 Å². The van der Waals surface area contributed by atoms with Crippen molar-refractivity contribution >= 4 is 29.7 Å². The molecule has 1 N–H and O–H groups in total. The quantitative estimate of drug-likeness (QED) is 0.277. The van der Waals surface area contributed by atoms with Gasteiger partial charge in [-0.2, -0.15) is 8.75 Å². The fourth-order valence-corrected chi connectivity index (χ4v) is 2.18. The first-order chi connectivity index (χ1) is 11.9. The predicted molar refractivity (Wildman–Crippen MR) is 84.6 cm³/mol. The molecule has 0 atom stereocenters. The van der Waals surface area contributed by atoms with E-state index in [9.17, 15) is 23.1 Å². The summed E-state index contributed by atoms with van der Waals surface area (Å²) in [7, 11) is 0. The fourth-order valence-electron chi connectivity index (χ4n) is 1.75. The molecular formula is C15H12F3N3O3S. The standard InChI is InChI=1S/C15H12F3N3O3S/c1-2-24-15(23)10(7-19-5-8-6-20-25-21-8)14(22)9-3-12(17)13(18)4-11(9)16/h3-4,6-7,22H,2,5H2,1H3. The van der Waals surface area contributed by atoms with E-state index in [-0.39, 0.29) is 19.2 Å². The van der Waals surface area contributed by atoms with Crippen LogP contribution in [-0.2, 0) is 16.1 Å². The van der Waals surface area contributed by atoms with E-state index in [1.165, 1.54) is 13.1 Å². The molecule has 1 aromatic carbocycles. The number of carbonyl (C=O) groups is 1. The number of nitrogens with zero attached hydrogens (tertiary/aromatic N) is 3. The Hall–Kier alpha value is -2.75. The van der Waals surface area contributed by atoms with Crippen molar-refractivity contribution in [2.24, 2.45) is 4.99 Å². The van der Waals surface area contributed by atoms with Crippen molar-refractivity contribution in [2.75, 3.05) is 6.61 Å². The molecule has 2 rings (SSSR count). The van der Waals surface area contributed by atoms with Gasteiger partial charge >= 0.3 is 5.97 Å². The molecule has 0 bridgehead atoms. The lowest BCUT2D eigenvalue weighted by Gasteiger charge is -2.08. The number of aliphatic imine (C=N–C) groups is 1. The number of carbonyl (C=O) groups excluding carboxylic acids is 1. The number of aliphatic hydroxyl groups excluding tert-OH is 1. The molecule has 0 unspecified atom stereocenters. The highest BCUT2D eigenvalue weighted by Crippen LogP contribution is 2.22. The van der Waals surface area contributed by atoms with Crippen LogP contribution >= 0.6 is 11.7 Å². The first-order valence-electron chi connectivity index (χ1n) is 6.95. The van der Waals surface area contributed by atoms with E-state index in [2.05, 4.69) is 13.7 Å². The summed E-state index contributed by atoms with van der Waals surface area (Å²) in [4.78, 5) is 15.9. The van der Waals surface area contributed by atoms with E-state index in [0.717, 1.165) is 17.9 Å². The molecule has 0 saturated heterocycles. The summed E-state index contributed by atoms with van der Waals surface area (Å²) in [6.07, 6.45) is 2.41. The van der Waals surface area contributed by atoms with Crippen LogP contribution in [0.4, 0.5) is 13.2 Å². The maximum atomic E-state index is 13.8. The Morgan fingerprint density at radius 2 is 2.04 bits per heavy atom. The third-order valence-corrected chi connectivity index (χ3v) is 3.41. The second-order valence-electron chi connectivity index (χ2n) is 4.60. The minimum Gasteiger partial charge on any atom is -0.506 e. The number of halogens is 3. The van der Waals surface area contributed by atoms with Crippen LogP contribution < -0.4 is 0 Å². The van der Waals surface area contributed by atoms with Gasteiger partial charge in [0.2, 0.25) is 0 Å². The van der Waals surface area contributed by atoms with E-state index in [4.69, 9.17) is 4.74 Å². The number of aliphatic hydroxyl groups is 1. The smallest absolute Gasteiger partial charge is 0.343 e. The molecule has 0 aliphatic rings. The van der Waals surface area contributed by atoms with Crippen LogP contribution in [-0.4, -0.2) is 32.6 Å². The van der Waals surface area contributed by atoms with Gasteiger partial charge in [0.05, 0.1) is 42.3 Å². The van der Waals surface area contributed by atoms with E-state index in [1.807, 2.05) is 0 Å². The Morgan fingerprint density at radius 1 is 1.32 bits per heavy atom. The number of benzene rings is 1. The Kier molecular flexibility index (Phi) is 6.23. The van der Waals surface area contributed by atoms with Gasteiger partial charge in [0.25, 0.3) is 0 Å². The molecule has 10 heteroatoms. The first-order valence-corrected chi connectivity index (χ1v) is 7.68. The van der Waals surface area contributed by atoms with Crippen molar-refractivity contribution in [3.05, 3.63) is 52.6 Å². The van der Waals surface area contributed by atoms with Crippen molar-refractivity contribution in [3.8, 4) is 0 Å². The molecule has 0 amide bonds. The summed E-state index contributed by atoms with van der Waals surface area (Å²) in [5.41, 5.74) is -0.679. The highest BCUT2D eigenvalue weighted by molar-refractivity contribution is 6.99. The van der Waals surface area contributed by atoms with Crippen molar-refractivity contribution in [3.63, 3.8) is 0 Å². The number of esters is 1. The van der Waals surface area contributed by atoms with Crippen LogP contribution in [0.3, 0.4) is 0 Å². The summed E-state index contributed by atoms with van der Waals surface area (Å²) < 4.78 is 52.6. The molecule has 0 radical (unpaired) electrons. The molecule has 1 heterocycles. The van der Waals surface area contributed by atoms with Gasteiger partial charge in [-0.3, -0.25) is 4.99 Å². The topological polar surface area (TPSA) is 84.7 Å². The van der Waals surface area contributed by atoms with Crippen molar-refractivity contribution < 1.29 is 27.8 Å². The molecule has 0 aliphatic heterocycles. The van der Waals surface area contributed by atoms with Gasteiger partial charge in [0.1, 0.15) is 17.1 Å². The number of ether oxygens (including phenoxy) is 1. The van der Waals surface area contributed by atoms with Crippen LogP contribution in [0.15, 0.2) is 28.9 Å². The highest BCUT2D eigenvalue weighted by Gasteiger charge is 2.20. The maximum Gasteiger partial charge on any atom is 0.343 e. The summed E-state index contributed by atoms with van der Waals surface area (Å²) in [6.45, 7) is 1.56. The van der Waals surface area contributed by atoms with Gasteiger partial charge < -0.3 is 9.84 Å². The van der Waals surface area contributed by atoms with Gasteiger partial charge in [-0.25, -0.2) is 18.0 Å². The average Bonchev–Trinajstić information content (AvgIpc) is 3.08. The lowest BCUT2D eigenvalue weighted by Crippen LogP contribution is -2.12. The average molecular weight is 371 g/mol. The molecule has 0 fully saturated rings. The summed E-state index contributed by atoms with van der Waals surface area (Å²) >= 11 is 0.967. The van der Waals surface area contributed by atoms with Crippen molar-refractivity contribution in [1.82, 2.24) is 8.75 Å². The molecule has 6 nitrogen and oxygen atoms in total. The number of hydrogen-bond acceptors (Lipinski definition) is 7. The normalized spacial score (nSPS) is 12.3. The lowest BCUT2D eigenvalue weighted by molar-refractivity contribution is -0.137. The van der Waals surface area contributed by atoms with Crippen molar-refractivity contribution in [1.29, 1.82) is 0 Å². The van der Waals surface area contributed by atoms with Crippen LogP contribution in [0.25, 0.3) is 5.76 Å². The SMILES string of the molecule is CCOC(=O)C(C=NCc1cnsn1)=C(O)c1cc(F)c(F)cc1F. The van der Waals surface area contributed by atoms with Crippen LogP contribution in [0.5, 0.6) is 0 Å². The zero-order valence-electron chi connectivity index (χ0n) is 12.9. The maximum absolute atomic E-state index is 13.8. The molecule has 0 aliphatic carbocycles. The van der Waals surface area contributed by atoms with E-state index in [1.54, 1.807) is 0 Å². The number of aromatic nitrogens is 2. The van der Waals surface area contributed by atoms with Crippen LogP contribution in [0, 0.1) is 17.5 Å². The van der Waals surface area contributed by atoms with Gasteiger partial charge in [0.15, 0.2) is 11.6 Å². The Labute approximate surface area is 144 Å². The minimum atomic E-state index is -1.42. The molecule has 132 valence electrons. The Bertz CT molecular complexity index is 823. The van der Waals surface area contributed by atoms with Gasteiger partial charge in [-0.05, 0) is 13.0 Å². The zero-order chi connectivity index (χ0) is 18.4. The molecule has 0 saturated carbocycles. The Balaban J connectivity index is 2.41. The minimum absolute atomic E-state index is 0.0142. The molecule has 1 aromatic heterocycles. The zero-order valence-corrected chi connectivity index (χ0v) is 13.7. The van der Waals surface area contributed by atoms with Gasteiger partial charge in [-0.1, -0.05) is 0 Å². The molecule has 2 aromatic rings. The van der Waals surface area contributed by atoms with Crippen LogP contribution in [0.2, 0.25) is 0 Å². The van der Waals surface area contributed by atoms with E-state index in [0.29, 0.717) is 11.8 Å². The van der Waals surface area contributed by atoms with Gasteiger partial charge in [-0.15, -0.1) is 0 Å². The van der Waals surface area contributed by atoms with Crippen LogP contribution in [0.1, 0.15) is 18.2 Å². The summed E-state index contributed by atoms with van der Waals surface area (Å²) in [5.74, 6) is -5.96. The predicted octanol–water partition coefficient (Wildman–Crippen LogP) is 3.06. The second kappa shape index (κ2) is 8.38. The Morgan fingerprint density at radius 3 is 2.68 bits per heavy atom. The fraction of sp³-hybridized carbons (Fsp3) is 0.200. The summed E-state index contributed by atoms with van der Waals surface area (Å²) in [6, 6.07) is 0.708. The monoisotopic (exact) mass is 371 g/mol. The molecular weight excluding hydrogens is 359 g/mol. The highest BCUT2D eigenvalue weighted by atomic mass is 32.1. The first kappa shape index (κ1) is 18.6. The lowest BCUT2D eigenvalue weighted by atomic mass is 10.1. The largest absolute Gasteiger partial charge is 0.506 e. The second-order valence-corrected chi connectivity index (χ2v) is 5.15. The van der Waals surface area contributed by atoms with E-state index >= 15 is 0 Å². The molecule has 25 heavy (non-hydrogen) atoms. The number of rotatable bonds is 6. The summed E-state index contributed by atoms with van der Waals surface area (Å²) in [5, 5.41) is 10.2. The third-order valence-electron chi connectivity index (χ3n) is 2.90.